The average molecular weight is 422 g/mol. The van der Waals surface area contributed by atoms with E-state index < -0.39 is 0 Å². The second-order valence-corrected chi connectivity index (χ2v) is 7.22. The largest absolute Gasteiger partial charge is 0.494 e. The number of nitrogens with zero attached hydrogens (tertiary/aromatic N) is 4. The maximum Gasteiger partial charge on any atom is 0.262 e. The van der Waals surface area contributed by atoms with E-state index in [1.807, 2.05) is 24.3 Å². The van der Waals surface area contributed by atoms with Crippen LogP contribution in [0.3, 0.4) is 0 Å². The Hall–Kier alpha value is -3.45. The molecule has 0 bridgehead atoms. The van der Waals surface area contributed by atoms with Crippen LogP contribution in [-0.2, 0) is 13.5 Å². The molecule has 30 heavy (non-hydrogen) atoms. The van der Waals surface area contributed by atoms with E-state index in [-0.39, 0.29) is 5.56 Å². The van der Waals surface area contributed by atoms with Crippen molar-refractivity contribution in [1.82, 2.24) is 19.5 Å². The monoisotopic (exact) mass is 421 g/mol. The number of nitrogens with one attached hydrogen (secondary N) is 1. The Bertz CT molecular complexity index is 1240. The number of rotatable bonds is 6. The van der Waals surface area contributed by atoms with Crippen LogP contribution >= 0.6 is 11.6 Å². The molecule has 0 saturated heterocycles. The third kappa shape index (κ3) is 4.11. The van der Waals surface area contributed by atoms with Crippen LogP contribution in [0.4, 0.5) is 5.95 Å². The molecule has 0 saturated carbocycles. The maximum atomic E-state index is 12.5. The molecule has 0 aliphatic carbocycles. The van der Waals surface area contributed by atoms with E-state index in [4.69, 9.17) is 16.3 Å². The molecular formula is C22H20ClN5O2. The van der Waals surface area contributed by atoms with Gasteiger partial charge in [-0.1, -0.05) is 35.9 Å². The van der Waals surface area contributed by atoms with Gasteiger partial charge in [0.15, 0.2) is 11.6 Å². The Morgan fingerprint density at radius 2 is 1.83 bits per heavy atom. The predicted octanol–water partition coefficient (Wildman–Crippen LogP) is 3.71. The van der Waals surface area contributed by atoms with Gasteiger partial charge in [-0.3, -0.25) is 9.36 Å². The van der Waals surface area contributed by atoms with E-state index in [1.54, 1.807) is 44.8 Å². The molecule has 1 N–H and O–H groups in total. The molecule has 0 radical (unpaired) electrons. The molecule has 2 heterocycles. The fourth-order valence-corrected chi connectivity index (χ4v) is 3.28. The van der Waals surface area contributed by atoms with Crippen molar-refractivity contribution in [2.45, 2.75) is 6.42 Å². The highest BCUT2D eigenvalue weighted by Crippen LogP contribution is 2.18. The van der Waals surface area contributed by atoms with E-state index in [1.165, 1.54) is 4.57 Å². The minimum Gasteiger partial charge on any atom is -0.494 e. The molecule has 0 aliphatic heterocycles. The van der Waals surface area contributed by atoms with Gasteiger partial charge in [-0.2, -0.15) is 0 Å². The lowest BCUT2D eigenvalue weighted by atomic mass is 10.1. The normalized spacial score (nSPS) is 10.9. The molecule has 0 fully saturated rings. The summed E-state index contributed by atoms with van der Waals surface area (Å²) in [5.41, 5.74) is 2.55. The first kappa shape index (κ1) is 19.8. The van der Waals surface area contributed by atoms with Gasteiger partial charge in [0.05, 0.1) is 30.4 Å². The molecule has 0 aliphatic rings. The van der Waals surface area contributed by atoms with Crippen molar-refractivity contribution in [2.75, 3.05) is 19.0 Å². The highest BCUT2D eigenvalue weighted by molar-refractivity contribution is 6.31. The number of methoxy groups -OCH3 is 1. The van der Waals surface area contributed by atoms with Crippen LogP contribution < -0.4 is 15.6 Å². The number of benzene rings is 2. The molecule has 0 unspecified atom stereocenters. The Morgan fingerprint density at radius 1 is 1.10 bits per heavy atom. The first-order valence-corrected chi connectivity index (χ1v) is 9.78. The molecule has 0 spiro atoms. The van der Waals surface area contributed by atoms with Gasteiger partial charge in [-0.15, -0.1) is 0 Å². The van der Waals surface area contributed by atoms with Crippen molar-refractivity contribution in [3.8, 4) is 17.1 Å². The summed E-state index contributed by atoms with van der Waals surface area (Å²) in [5, 5.41) is 4.34. The van der Waals surface area contributed by atoms with Gasteiger partial charge in [0.2, 0.25) is 5.95 Å². The van der Waals surface area contributed by atoms with Gasteiger partial charge in [-0.05, 0) is 30.2 Å². The molecule has 0 amide bonds. The lowest BCUT2D eigenvalue weighted by Gasteiger charge is -2.11. The second kappa shape index (κ2) is 8.51. The smallest absolute Gasteiger partial charge is 0.262 e. The number of aromatic nitrogens is 4. The zero-order valence-corrected chi connectivity index (χ0v) is 17.3. The van der Waals surface area contributed by atoms with Gasteiger partial charge in [-0.25, -0.2) is 15.0 Å². The van der Waals surface area contributed by atoms with E-state index in [0.29, 0.717) is 40.0 Å². The van der Waals surface area contributed by atoms with Crippen LogP contribution in [0.1, 0.15) is 5.56 Å². The molecule has 2 aromatic carbocycles. The molecule has 2 aromatic heterocycles. The van der Waals surface area contributed by atoms with Gasteiger partial charge >= 0.3 is 0 Å². The number of hydrogen-bond donors (Lipinski definition) is 1. The number of ether oxygens (including phenoxy) is 1. The first-order valence-electron chi connectivity index (χ1n) is 9.40. The van der Waals surface area contributed by atoms with Crippen LogP contribution in [0, 0.1) is 0 Å². The van der Waals surface area contributed by atoms with Crippen molar-refractivity contribution in [3.05, 3.63) is 75.8 Å². The van der Waals surface area contributed by atoms with Crippen molar-refractivity contribution < 1.29 is 4.74 Å². The third-order valence-electron chi connectivity index (χ3n) is 4.81. The minimum absolute atomic E-state index is 0.108. The molecule has 0 atom stereocenters. The lowest BCUT2D eigenvalue weighted by molar-refractivity contribution is 0.411. The number of halogens is 1. The summed E-state index contributed by atoms with van der Waals surface area (Å²) < 4.78 is 6.60. The Labute approximate surface area is 178 Å². The molecular weight excluding hydrogens is 402 g/mol. The third-order valence-corrected chi connectivity index (χ3v) is 5.05. The zero-order valence-electron chi connectivity index (χ0n) is 16.6. The van der Waals surface area contributed by atoms with E-state index in [0.717, 1.165) is 17.5 Å². The lowest BCUT2D eigenvalue weighted by Crippen LogP contribution is -2.23. The summed E-state index contributed by atoms with van der Waals surface area (Å²) in [6.45, 7) is 0.630. The number of anilines is 1. The fraction of sp³-hybridized carbons (Fsp3) is 0.182. The predicted molar refractivity (Wildman–Crippen MR) is 118 cm³/mol. The van der Waals surface area contributed by atoms with Crippen LogP contribution in [0.5, 0.6) is 5.75 Å². The zero-order chi connectivity index (χ0) is 21.1. The topological polar surface area (TPSA) is 81.9 Å². The Morgan fingerprint density at radius 3 is 2.53 bits per heavy atom. The second-order valence-electron chi connectivity index (χ2n) is 6.78. The van der Waals surface area contributed by atoms with E-state index in [9.17, 15) is 4.79 Å². The van der Waals surface area contributed by atoms with Crippen molar-refractivity contribution in [1.29, 1.82) is 0 Å². The fourth-order valence-electron chi connectivity index (χ4n) is 3.11. The summed E-state index contributed by atoms with van der Waals surface area (Å²) in [6.07, 6.45) is 4.07. The van der Waals surface area contributed by atoms with E-state index in [2.05, 4.69) is 20.3 Å². The molecule has 4 rings (SSSR count). The first-order chi connectivity index (χ1) is 14.5. The van der Waals surface area contributed by atoms with Gasteiger partial charge < -0.3 is 10.1 Å². The quantitative estimate of drug-likeness (QED) is 0.511. The molecule has 152 valence electrons. The molecule has 4 aromatic rings. The van der Waals surface area contributed by atoms with Crippen LogP contribution in [-0.4, -0.2) is 33.2 Å². The van der Waals surface area contributed by atoms with Crippen molar-refractivity contribution in [3.63, 3.8) is 0 Å². The van der Waals surface area contributed by atoms with Gasteiger partial charge in [0.25, 0.3) is 5.56 Å². The van der Waals surface area contributed by atoms with Crippen LogP contribution in [0.25, 0.3) is 22.3 Å². The average Bonchev–Trinajstić information content (AvgIpc) is 2.77. The molecule has 8 heteroatoms. The van der Waals surface area contributed by atoms with Crippen LogP contribution in [0.15, 0.2) is 59.7 Å². The Kier molecular flexibility index (Phi) is 5.63. The standard InChI is InChI=1S/C22H20ClN5O2/c1-28-21(29)18-8-7-16(23)11-19(18)27-22(28)24-10-9-14-3-5-15(6-4-14)20-25-12-17(30-2)13-26-20/h3-8,11-13H,9-10H2,1-2H3,(H,24,27). The minimum atomic E-state index is -0.108. The van der Waals surface area contributed by atoms with Gasteiger partial charge in [0.1, 0.15) is 0 Å². The molecule has 7 nitrogen and oxygen atoms in total. The summed E-state index contributed by atoms with van der Waals surface area (Å²) in [7, 11) is 3.29. The summed E-state index contributed by atoms with van der Waals surface area (Å²) in [5.74, 6) is 1.79. The maximum absolute atomic E-state index is 12.5. The SMILES string of the molecule is COc1cnc(-c2ccc(CCNc3nc4cc(Cl)ccc4c(=O)n3C)cc2)nc1. The summed E-state index contributed by atoms with van der Waals surface area (Å²) in [4.78, 5) is 25.7. The number of fused-ring (bicyclic) bond motifs is 1. The van der Waals surface area contributed by atoms with Crippen LogP contribution in [0.2, 0.25) is 5.02 Å². The van der Waals surface area contributed by atoms with Crippen molar-refractivity contribution in [2.24, 2.45) is 7.05 Å². The number of hydrogen-bond acceptors (Lipinski definition) is 6. The summed E-state index contributed by atoms with van der Waals surface area (Å²) in [6, 6.07) is 13.1. The van der Waals surface area contributed by atoms with Gasteiger partial charge in [0, 0.05) is 24.2 Å². The van der Waals surface area contributed by atoms with E-state index >= 15 is 0 Å². The Balaban J connectivity index is 1.44. The summed E-state index contributed by atoms with van der Waals surface area (Å²) >= 11 is 6.04. The highest BCUT2D eigenvalue weighted by Gasteiger charge is 2.08. The van der Waals surface area contributed by atoms with Crippen molar-refractivity contribution >= 4 is 28.5 Å². The highest BCUT2D eigenvalue weighted by atomic mass is 35.5.